The minimum absolute atomic E-state index is 0.0237. The third-order valence-corrected chi connectivity index (χ3v) is 5.49. The van der Waals surface area contributed by atoms with Gasteiger partial charge < -0.3 is 10.6 Å². The molecule has 3 aliphatic rings. The van der Waals surface area contributed by atoms with Crippen molar-refractivity contribution in [2.75, 3.05) is 32.7 Å². The average molecular weight is 322 g/mol. The molecule has 3 fully saturated rings. The van der Waals surface area contributed by atoms with E-state index in [4.69, 9.17) is 0 Å². The lowest BCUT2D eigenvalue weighted by molar-refractivity contribution is -0.127. The molecule has 0 aromatic heterocycles. The van der Waals surface area contributed by atoms with Crippen molar-refractivity contribution in [2.24, 2.45) is 0 Å². The van der Waals surface area contributed by atoms with Gasteiger partial charge in [0.25, 0.3) is 0 Å². The van der Waals surface area contributed by atoms with Crippen molar-refractivity contribution in [3.63, 3.8) is 0 Å². The molecule has 0 aromatic rings. The van der Waals surface area contributed by atoms with E-state index in [1.165, 1.54) is 0 Å². The maximum atomic E-state index is 12.5. The third-order valence-electron chi connectivity index (χ3n) is 5.49. The molecule has 0 aromatic carbocycles. The fourth-order valence-electron chi connectivity index (χ4n) is 4.16. The van der Waals surface area contributed by atoms with Crippen LogP contribution in [0.5, 0.6) is 0 Å². The van der Waals surface area contributed by atoms with Gasteiger partial charge in [0, 0.05) is 25.7 Å². The summed E-state index contributed by atoms with van der Waals surface area (Å²) < 4.78 is 0. The molecule has 6 heteroatoms. The standard InChI is InChI=1S/C17H30N4O2/c1-13-7-12-21-10-2-5-14(21)16(22)18-8-4-11-20-9-3-6-15(20)17(23)19-13/h13-15H,2-12H2,1H3,(H,18,22)(H,19,23)/t13-,14+,15+/m1/s1. The topological polar surface area (TPSA) is 64.7 Å². The molecule has 3 rings (SSSR count). The number of fused-ring (bicyclic) bond motifs is 2. The number of hydrogen-bond acceptors (Lipinski definition) is 4. The van der Waals surface area contributed by atoms with Crippen LogP contribution in [0.25, 0.3) is 0 Å². The summed E-state index contributed by atoms with van der Waals surface area (Å²) in [5, 5.41) is 6.29. The second-order valence-electron chi connectivity index (χ2n) is 7.23. The maximum absolute atomic E-state index is 12.5. The predicted octanol–water partition coefficient (Wildman–Crippen LogP) is 0.330. The Hall–Kier alpha value is -1.14. The van der Waals surface area contributed by atoms with Crippen molar-refractivity contribution in [3.05, 3.63) is 0 Å². The molecule has 3 aliphatic heterocycles. The summed E-state index contributed by atoms with van der Waals surface area (Å²) in [5.74, 6) is 0.378. The van der Waals surface area contributed by atoms with Crippen LogP contribution in [0.4, 0.5) is 0 Å². The molecule has 0 aliphatic carbocycles. The van der Waals surface area contributed by atoms with Crippen molar-refractivity contribution in [3.8, 4) is 0 Å². The van der Waals surface area contributed by atoms with E-state index in [0.29, 0.717) is 6.54 Å². The van der Waals surface area contributed by atoms with Gasteiger partial charge >= 0.3 is 0 Å². The number of nitrogens with one attached hydrogen (secondary N) is 2. The van der Waals surface area contributed by atoms with E-state index >= 15 is 0 Å². The molecule has 130 valence electrons. The number of carbonyl (C=O) groups excluding carboxylic acids is 2. The molecular weight excluding hydrogens is 292 g/mol. The molecule has 6 nitrogen and oxygen atoms in total. The van der Waals surface area contributed by atoms with Crippen molar-refractivity contribution in [1.82, 2.24) is 20.4 Å². The molecule has 0 bridgehead atoms. The smallest absolute Gasteiger partial charge is 0.237 e. The van der Waals surface area contributed by atoms with E-state index in [-0.39, 0.29) is 29.9 Å². The van der Waals surface area contributed by atoms with Gasteiger partial charge in [-0.3, -0.25) is 19.4 Å². The SMILES string of the molecule is C[C@@H]1CCN2CCC[C@H]2C(=O)NCCCN2CCC[C@H]2C(=O)N1. The Balaban J connectivity index is 1.65. The summed E-state index contributed by atoms with van der Waals surface area (Å²) >= 11 is 0. The van der Waals surface area contributed by atoms with Crippen molar-refractivity contribution in [1.29, 1.82) is 0 Å². The molecule has 2 N–H and O–H groups in total. The third kappa shape index (κ3) is 4.04. The lowest BCUT2D eigenvalue weighted by Crippen LogP contribution is -2.49. The largest absolute Gasteiger partial charge is 0.355 e. The number of carbonyl (C=O) groups is 2. The van der Waals surface area contributed by atoms with Crippen molar-refractivity contribution >= 4 is 11.8 Å². The summed E-state index contributed by atoms with van der Waals surface area (Å²) in [7, 11) is 0. The first kappa shape index (κ1) is 16.7. The van der Waals surface area contributed by atoms with Crippen molar-refractivity contribution in [2.45, 2.75) is 63.6 Å². The van der Waals surface area contributed by atoms with Gasteiger partial charge in [0.15, 0.2) is 0 Å². The number of hydrogen-bond donors (Lipinski definition) is 2. The predicted molar refractivity (Wildman–Crippen MR) is 89.0 cm³/mol. The highest BCUT2D eigenvalue weighted by Gasteiger charge is 2.33. The van der Waals surface area contributed by atoms with Crippen LogP contribution in [0.1, 0.15) is 45.4 Å². The number of nitrogens with zero attached hydrogens (tertiary/aromatic N) is 2. The molecule has 3 saturated heterocycles. The highest BCUT2D eigenvalue weighted by atomic mass is 16.2. The summed E-state index contributed by atoms with van der Waals surface area (Å²) in [5.41, 5.74) is 0. The Labute approximate surface area is 139 Å². The first-order valence-electron chi connectivity index (χ1n) is 9.21. The molecule has 2 amide bonds. The zero-order chi connectivity index (χ0) is 16.2. The van der Waals surface area contributed by atoms with E-state index in [1.54, 1.807) is 0 Å². The van der Waals surface area contributed by atoms with Crippen LogP contribution in [0.15, 0.2) is 0 Å². The van der Waals surface area contributed by atoms with E-state index in [2.05, 4.69) is 27.4 Å². The van der Waals surface area contributed by atoms with E-state index in [1.807, 2.05) is 0 Å². The highest BCUT2D eigenvalue weighted by molar-refractivity contribution is 5.82. The minimum atomic E-state index is 0.0237. The Bertz CT molecular complexity index is 442. The quantitative estimate of drug-likeness (QED) is 0.675. The summed E-state index contributed by atoms with van der Waals surface area (Å²) in [6.45, 7) is 6.56. The van der Waals surface area contributed by atoms with Crippen LogP contribution in [0.3, 0.4) is 0 Å². The van der Waals surface area contributed by atoms with Crippen LogP contribution < -0.4 is 10.6 Å². The molecule has 3 heterocycles. The van der Waals surface area contributed by atoms with Gasteiger partial charge in [-0.15, -0.1) is 0 Å². The monoisotopic (exact) mass is 322 g/mol. The second kappa shape index (κ2) is 7.62. The first-order valence-corrected chi connectivity index (χ1v) is 9.21. The molecule has 0 unspecified atom stereocenters. The molecule has 3 atom stereocenters. The van der Waals surface area contributed by atoms with Gasteiger partial charge in [-0.25, -0.2) is 0 Å². The van der Waals surface area contributed by atoms with Crippen LogP contribution in [-0.4, -0.2) is 72.5 Å². The van der Waals surface area contributed by atoms with Crippen LogP contribution in [-0.2, 0) is 9.59 Å². The summed E-state index contributed by atoms with van der Waals surface area (Å²) in [6, 6.07) is 0.216. The van der Waals surface area contributed by atoms with Gasteiger partial charge in [-0.2, -0.15) is 0 Å². The normalized spacial score (nSPS) is 35.1. The summed E-state index contributed by atoms with van der Waals surface area (Å²) in [4.78, 5) is 29.5. The van der Waals surface area contributed by atoms with Crippen LogP contribution in [0.2, 0.25) is 0 Å². The average Bonchev–Trinajstić information content (AvgIpc) is 3.17. The lowest BCUT2D eigenvalue weighted by atomic mass is 10.1. The van der Waals surface area contributed by atoms with Gasteiger partial charge in [0.2, 0.25) is 11.8 Å². The van der Waals surface area contributed by atoms with Gasteiger partial charge in [-0.1, -0.05) is 0 Å². The Morgan fingerprint density at radius 3 is 2.17 bits per heavy atom. The first-order chi connectivity index (χ1) is 11.1. The summed E-state index contributed by atoms with van der Waals surface area (Å²) in [6.07, 6.45) is 5.92. The molecule has 0 radical (unpaired) electrons. The van der Waals surface area contributed by atoms with E-state index < -0.39 is 0 Å². The fourth-order valence-corrected chi connectivity index (χ4v) is 4.16. The van der Waals surface area contributed by atoms with E-state index in [0.717, 1.165) is 64.7 Å². The van der Waals surface area contributed by atoms with Crippen LogP contribution >= 0.6 is 0 Å². The minimum Gasteiger partial charge on any atom is -0.355 e. The van der Waals surface area contributed by atoms with Crippen LogP contribution in [0, 0.1) is 0 Å². The lowest BCUT2D eigenvalue weighted by Gasteiger charge is -2.28. The fraction of sp³-hybridized carbons (Fsp3) is 0.882. The number of amides is 2. The highest BCUT2D eigenvalue weighted by Crippen LogP contribution is 2.20. The molecule has 23 heavy (non-hydrogen) atoms. The molecule has 0 saturated carbocycles. The van der Waals surface area contributed by atoms with Gasteiger partial charge in [-0.05, 0) is 58.5 Å². The van der Waals surface area contributed by atoms with E-state index in [9.17, 15) is 9.59 Å². The Kier molecular flexibility index (Phi) is 5.54. The van der Waals surface area contributed by atoms with Gasteiger partial charge in [0.1, 0.15) is 0 Å². The molecule has 0 spiro atoms. The zero-order valence-electron chi connectivity index (χ0n) is 14.2. The van der Waals surface area contributed by atoms with Crippen molar-refractivity contribution < 1.29 is 9.59 Å². The Morgan fingerprint density at radius 2 is 1.43 bits per heavy atom. The number of rotatable bonds is 0. The maximum Gasteiger partial charge on any atom is 0.237 e. The zero-order valence-corrected chi connectivity index (χ0v) is 14.2. The van der Waals surface area contributed by atoms with Gasteiger partial charge in [0.05, 0.1) is 12.1 Å². The Morgan fingerprint density at radius 1 is 0.826 bits per heavy atom. The second-order valence-corrected chi connectivity index (χ2v) is 7.23. The molecular formula is C17H30N4O2.